The molecular weight excluding hydrogens is 348 g/mol. The summed E-state index contributed by atoms with van der Waals surface area (Å²) in [6.07, 6.45) is 0.184. The van der Waals surface area contributed by atoms with Crippen LogP contribution in [0.5, 0.6) is 0 Å². The fourth-order valence-corrected chi connectivity index (χ4v) is 2.73. The Kier molecular flexibility index (Phi) is 5.16. The van der Waals surface area contributed by atoms with E-state index in [9.17, 15) is 19.2 Å². The van der Waals surface area contributed by atoms with Crippen LogP contribution >= 0.6 is 0 Å². The van der Waals surface area contributed by atoms with Gasteiger partial charge in [0.2, 0.25) is 17.7 Å². The molecule has 0 bridgehead atoms. The van der Waals surface area contributed by atoms with Crippen molar-refractivity contribution in [3.8, 4) is 0 Å². The summed E-state index contributed by atoms with van der Waals surface area (Å²) in [5, 5.41) is 8.01. The third kappa shape index (κ3) is 4.30. The molecule has 5 N–H and O–H groups in total. The Balaban J connectivity index is 1.58. The lowest BCUT2D eigenvalue weighted by Crippen LogP contribution is -2.41. The number of benzene rings is 2. The first kappa shape index (κ1) is 18.1. The summed E-state index contributed by atoms with van der Waals surface area (Å²) in [5.74, 6) is -1.60. The molecule has 4 amide bonds. The number of fused-ring (bicyclic) bond motifs is 1. The molecule has 1 heterocycles. The van der Waals surface area contributed by atoms with Crippen molar-refractivity contribution in [1.29, 1.82) is 0 Å². The zero-order valence-corrected chi connectivity index (χ0v) is 14.3. The third-order valence-electron chi connectivity index (χ3n) is 4.16. The van der Waals surface area contributed by atoms with Gasteiger partial charge in [-0.05, 0) is 42.8 Å². The van der Waals surface area contributed by atoms with E-state index in [2.05, 4.69) is 16.0 Å². The number of hydrogen-bond acceptors (Lipinski definition) is 4. The number of nitrogens with one attached hydrogen (secondary N) is 3. The highest BCUT2D eigenvalue weighted by molar-refractivity contribution is 6.10. The molecule has 0 saturated heterocycles. The van der Waals surface area contributed by atoms with Gasteiger partial charge in [0.15, 0.2) is 0 Å². The van der Waals surface area contributed by atoms with Crippen molar-refractivity contribution < 1.29 is 19.2 Å². The summed E-state index contributed by atoms with van der Waals surface area (Å²) in [6, 6.07) is 12.0. The molecule has 8 nitrogen and oxygen atoms in total. The van der Waals surface area contributed by atoms with E-state index in [0.717, 1.165) is 0 Å². The quantitative estimate of drug-likeness (QED) is 0.634. The summed E-state index contributed by atoms with van der Waals surface area (Å²) in [6.45, 7) is 0. The average molecular weight is 366 g/mol. The number of anilines is 2. The first-order chi connectivity index (χ1) is 12.9. The van der Waals surface area contributed by atoms with E-state index >= 15 is 0 Å². The summed E-state index contributed by atoms with van der Waals surface area (Å²) in [4.78, 5) is 47.7. The zero-order valence-electron chi connectivity index (χ0n) is 14.3. The van der Waals surface area contributed by atoms with Crippen LogP contribution in [0.15, 0.2) is 48.5 Å². The number of carbonyl (C=O) groups is 4. The predicted molar refractivity (Wildman–Crippen MR) is 99.1 cm³/mol. The molecule has 3 rings (SSSR count). The highest BCUT2D eigenvalue weighted by Crippen LogP contribution is 2.19. The number of primary amides is 1. The highest BCUT2D eigenvalue weighted by Gasteiger charge is 2.27. The average Bonchev–Trinajstić information content (AvgIpc) is 2.77. The molecule has 8 heteroatoms. The molecule has 0 aliphatic carbocycles. The number of hydrogen-bond donors (Lipinski definition) is 4. The van der Waals surface area contributed by atoms with Gasteiger partial charge in [0.05, 0.1) is 11.3 Å². The number of carbonyl (C=O) groups excluding carboxylic acids is 4. The van der Waals surface area contributed by atoms with Crippen LogP contribution in [0.1, 0.15) is 33.6 Å². The molecule has 0 aromatic heterocycles. The van der Waals surface area contributed by atoms with Gasteiger partial charge in [-0.25, -0.2) is 0 Å². The van der Waals surface area contributed by atoms with Gasteiger partial charge in [0, 0.05) is 17.7 Å². The number of rotatable bonds is 5. The summed E-state index contributed by atoms with van der Waals surface area (Å²) in [5.41, 5.74) is 6.84. The minimum atomic E-state index is -0.812. The van der Waals surface area contributed by atoms with E-state index in [1.54, 1.807) is 36.4 Å². The Morgan fingerprint density at radius 2 is 1.74 bits per heavy atom. The molecule has 0 radical (unpaired) electrons. The van der Waals surface area contributed by atoms with Gasteiger partial charge >= 0.3 is 0 Å². The number of para-hydroxylation sites is 1. The standard InChI is InChI=1S/C19H18N4O4/c20-17(25)11-5-7-12(8-6-11)21-16(24)10-9-15-19(27)22-14-4-2-1-3-13(14)18(26)23-15/h1-8,15H,9-10H2,(H2,20,25)(H,21,24)(H,22,27)(H,23,26). The molecule has 0 saturated carbocycles. The maximum Gasteiger partial charge on any atom is 0.254 e. The van der Waals surface area contributed by atoms with Crippen LogP contribution in [0.2, 0.25) is 0 Å². The highest BCUT2D eigenvalue weighted by atomic mass is 16.2. The summed E-state index contributed by atoms with van der Waals surface area (Å²) < 4.78 is 0. The van der Waals surface area contributed by atoms with Gasteiger partial charge in [-0.15, -0.1) is 0 Å². The van der Waals surface area contributed by atoms with Crippen molar-refractivity contribution in [2.45, 2.75) is 18.9 Å². The van der Waals surface area contributed by atoms with Crippen LogP contribution in [-0.2, 0) is 9.59 Å². The molecular formula is C19H18N4O4. The molecule has 1 aliphatic heterocycles. The lowest BCUT2D eigenvalue weighted by molar-refractivity contribution is -0.118. The molecule has 0 spiro atoms. The molecule has 1 atom stereocenters. The lowest BCUT2D eigenvalue weighted by Gasteiger charge is -2.14. The Bertz CT molecular complexity index is 908. The maximum atomic E-state index is 12.3. The largest absolute Gasteiger partial charge is 0.366 e. The Hall–Kier alpha value is -3.68. The maximum absolute atomic E-state index is 12.3. The smallest absolute Gasteiger partial charge is 0.254 e. The first-order valence-corrected chi connectivity index (χ1v) is 8.34. The van der Waals surface area contributed by atoms with E-state index in [0.29, 0.717) is 22.5 Å². The van der Waals surface area contributed by atoms with E-state index < -0.39 is 11.9 Å². The van der Waals surface area contributed by atoms with Crippen LogP contribution in [0, 0.1) is 0 Å². The topological polar surface area (TPSA) is 130 Å². The van der Waals surface area contributed by atoms with Crippen LogP contribution < -0.4 is 21.7 Å². The van der Waals surface area contributed by atoms with Gasteiger partial charge in [0.25, 0.3) is 5.91 Å². The third-order valence-corrected chi connectivity index (χ3v) is 4.16. The van der Waals surface area contributed by atoms with Crippen molar-refractivity contribution in [3.05, 3.63) is 59.7 Å². The molecule has 2 aromatic carbocycles. The molecule has 0 fully saturated rings. The molecule has 1 unspecified atom stereocenters. The monoisotopic (exact) mass is 366 g/mol. The zero-order chi connectivity index (χ0) is 19.4. The molecule has 2 aromatic rings. The Labute approximate surface area is 155 Å². The van der Waals surface area contributed by atoms with Crippen molar-refractivity contribution >= 4 is 35.0 Å². The Morgan fingerprint density at radius 1 is 1.04 bits per heavy atom. The predicted octanol–water partition coefficient (Wildman–Crippen LogP) is 1.25. The van der Waals surface area contributed by atoms with E-state index in [-0.39, 0.29) is 30.6 Å². The minimum Gasteiger partial charge on any atom is -0.366 e. The van der Waals surface area contributed by atoms with Crippen LogP contribution in [0.3, 0.4) is 0 Å². The van der Waals surface area contributed by atoms with Crippen molar-refractivity contribution in [2.24, 2.45) is 5.73 Å². The molecule has 27 heavy (non-hydrogen) atoms. The second-order valence-electron chi connectivity index (χ2n) is 6.09. The first-order valence-electron chi connectivity index (χ1n) is 8.34. The number of nitrogens with two attached hydrogens (primary N) is 1. The summed E-state index contributed by atoms with van der Waals surface area (Å²) in [7, 11) is 0. The number of amides is 4. The Morgan fingerprint density at radius 3 is 2.44 bits per heavy atom. The van der Waals surface area contributed by atoms with Crippen molar-refractivity contribution in [1.82, 2.24) is 5.32 Å². The van der Waals surface area contributed by atoms with Gasteiger partial charge in [-0.1, -0.05) is 12.1 Å². The van der Waals surface area contributed by atoms with E-state index in [4.69, 9.17) is 5.73 Å². The van der Waals surface area contributed by atoms with Gasteiger partial charge in [0.1, 0.15) is 6.04 Å². The van der Waals surface area contributed by atoms with Gasteiger partial charge in [-0.2, -0.15) is 0 Å². The molecule has 138 valence electrons. The second-order valence-corrected chi connectivity index (χ2v) is 6.09. The second kappa shape index (κ2) is 7.69. The van der Waals surface area contributed by atoms with Crippen LogP contribution in [0.25, 0.3) is 0 Å². The fraction of sp³-hybridized carbons (Fsp3) is 0.158. The van der Waals surface area contributed by atoms with Gasteiger partial charge in [-0.3, -0.25) is 19.2 Å². The minimum absolute atomic E-state index is 0.0340. The fourth-order valence-electron chi connectivity index (χ4n) is 2.73. The van der Waals surface area contributed by atoms with Crippen LogP contribution in [0.4, 0.5) is 11.4 Å². The van der Waals surface area contributed by atoms with Crippen molar-refractivity contribution in [3.63, 3.8) is 0 Å². The normalized spacial score (nSPS) is 15.8. The van der Waals surface area contributed by atoms with Crippen LogP contribution in [-0.4, -0.2) is 29.7 Å². The van der Waals surface area contributed by atoms with E-state index in [1.165, 1.54) is 12.1 Å². The lowest BCUT2D eigenvalue weighted by atomic mass is 10.1. The van der Waals surface area contributed by atoms with Crippen molar-refractivity contribution in [2.75, 3.05) is 10.6 Å². The summed E-state index contributed by atoms with van der Waals surface area (Å²) >= 11 is 0. The SMILES string of the molecule is NC(=O)c1ccc(NC(=O)CCC2NC(=O)c3ccccc3NC2=O)cc1. The van der Waals surface area contributed by atoms with E-state index in [1.807, 2.05) is 0 Å². The molecule has 1 aliphatic rings. The van der Waals surface area contributed by atoms with Gasteiger partial charge < -0.3 is 21.7 Å².